The van der Waals surface area contributed by atoms with Crippen molar-refractivity contribution in [2.24, 2.45) is 0 Å². The van der Waals surface area contributed by atoms with Gasteiger partial charge in [-0.15, -0.1) is 0 Å². The first kappa shape index (κ1) is 28.5. The van der Waals surface area contributed by atoms with Gasteiger partial charge >= 0.3 is 6.18 Å². The maximum Gasteiger partial charge on any atom is 0.416 e. The van der Waals surface area contributed by atoms with Crippen LogP contribution in [0.2, 0.25) is 0 Å². The van der Waals surface area contributed by atoms with Gasteiger partial charge in [-0.1, -0.05) is 0 Å². The fourth-order valence-electron chi connectivity index (χ4n) is 4.42. The number of nitrogens with zero attached hydrogens (tertiary/aromatic N) is 2. The van der Waals surface area contributed by atoms with Crippen LogP contribution in [0.1, 0.15) is 35.2 Å². The Morgan fingerprint density at radius 3 is 2.54 bits per heavy atom. The summed E-state index contributed by atoms with van der Waals surface area (Å²) in [5.74, 6) is -1.26. The van der Waals surface area contributed by atoms with E-state index in [1.165, 1.54) is 42.6 Å². The zero-order valence-electron chi connectivity index (χ0n) is 21.2. The summed E-state index contributed by atoms with van der Waals surface area (Å²) in [7, 11) is -2.73. The molecule has 1 atom stereocenters. The van der Waals surface area contributed by atoms with Crippen LogP contribution in [-0.2, 0) is 20.8 Å². The summed E-state index contributed by atoms with van der Waals surface area (Å²) in [6, 6.07) is 7.46. The Morgan fingerprint density at radius 1 is 1.13 bits per heavy atom. The van der Waals surface area contributed by atoms with E-state index in [0.717, 1.165) is 25.2 Å². The number of anilines is 1. The van der Waals surface area contributed by atoms with Crippen LogP contribution in [0.5, 0.6) is 5.75 Å². The molecule has 0 saturated carbocycles. The van der Waals surface area contributed by atoms with Crippen molar-refractivity contribution < 1.29 is 40.2 Å². The lowest BCUT2D eigenvalue weighted by molar-refractivity contribution is -0.137. The molecule has 1 fully saturated rings. The predicted octanol–water partition coefficient (Wildman–Crippen LogP) is 5.53. The molecule has 1 aliphatic heterocycles. The molecule has 2 heterocycles. The number of alkyl halides is 3. The fourth-order valence-corrected chi connectivity index (χ4v) is 5.10. The van der Waals surface area contributed by atoms with E-state index < -0.39 is 49.9 Å². The number of halogens is 4. The van der Waals surface area contributed by atoms with Crippen LogP contribution in [0.3, 0.4) is 0 Å². The average Bonchev–Trinajstić information content (AvgIpc) is 2.90. The summed E-state index contributed by atoms with van der Waals surface area (Å²) in [5.41, 5.74) is -0.711. The maximum atomic E-state index is 14.0. The number of carbonyl (C=O) groups is 1. The summed E-state index contributed by atoms with van der Waals surface area (Å²) in [4.78, 5) is 18.7. The van der Waals surface area contributed by atoms with Gasteiger partial charge < -0.3 is 14.4 Å². The highest BCUT2D eigenvalue weighted by atomic mass is 32.2. The molecule has 0 unspecified atom stereocenters. The predicted molar refractivity (Wildman–Crippen MR) is 136 cm³/mol. The molecule has 208 valence electrons. The number of methoxy groups -OCH3 is 1. The van der Waals surface area contributed by atoms with Gasteiger partial charge in [0, 0.05) is 41.8 Å². The van der Waals surface area contributed by atoms with E-state index in [-0.39, 0.29) is 18.0 Å². The highest BCUT2D eigenvalue weighted by Gasteiger charge is 2.34. The van der Waals surface area contributed by atoms with Crippen molar-refractivity contribution in [1.82, 2.24) is 4.98 Å². The molecular formula is C27H26F4N2O5S. The number of carbonyl (C=O) groups excluding carboxylic acids is 1. The van der Waals surface area contributed by atoms with Crippen molar-refractivity contribution >= 4 is 21.4 Å². The Morgan fingerprint density at radius 2 is 1.90 bits per heavy atom. The summed E-state index contributed by atoms with van der Waals surface area (Å²) in [5, 5.41) is 0. The third-order valence-electron chi connectivity index (χ3n) is 6.36. The van der Waals surface area contributed by atoms with Crippen molar-refractivity contribution in [3.05, 3.63) is 71.8 Å². The van der Waals surface area contributed by atoms with Gasteiger partial charge in [0.15, 0.2) is 9.84 Å². The van der Waals surface area contributed by atoms with Crippen LogP contribution < -0.4 is 9.64 Å². The summed E-state index contributed by atoms with van der Waals surface area (Å²) < 4.78 is 90.6. The molecule has 4 rings (SSSR count). The van der Waals surface area contributed by atoms with E-state index in [1.807, 2.05) is 0 Å². The van der Waals surface area contributed by atoms with Gasteiger partial charge in [0.1, 0.15) is 11.6 Å². The van der Waals surface area contributed by atoms with E-state index >= 15 is 0 Å². The van der Waals surface area contributed by atoms with Crippen molar-refractivity contribution in [1.29, 1.82) is 0 Å². The third-order valence-corrected chi connectivity index (χ3v) is 7.45. The zero-order valence-corrected chi connectivity index (χ0v) is 22.0. The molecule has 12 heteroatoms. The first-order valence-electron chi connectivity index (χ1n) is 12.0. The molecule has 1 amide bonds. The van der Waals surface area contributed by atoms with E-state index in [2.05, 4.69) is 4.98 Å². The quantitative estimate of drug-likeness (QED) is 0.350. The molecule has 1 aliphatic rings. The minimum atomic E-state index is -4.89. The second-order valence-electron chi connectivity index (χ2n) is 9.16. The highest BCUT2D eigenvalue weighted by molar-refractivity contribution is 7.90. The van der Waals surface area contributed by atoms with Crippen molar-refractivity contribution in [3.8, 4) is 16.9 Å². The molecule has 0 spiro atoms. The van der Waals surface area contributed by atoms with Gasteiger partial charge in [-0.2, -0.15) is 13.2 Å². The lowest BCUT2D eigenvalue weighted by atomic mass is 10.0. The van der Waals surface area contributed by atoms with Crippen LogP contribution in [0.25, 0.3) is 11.1 Å². The number of pyridine rings is 1. The van der Waals surface area contributed by atoms with E-state index in [9.17, 15) is 30.8 Å². The third kappa shape index (κ3) is 6.56. The van der Waals surface area contributed by atoms with E-state index in [4.69, 9.17) is 9.47 Å². The molecule has 0 radical (unpaired) electrons. The van der Waals surface area contributed by atoms with Crippen molar-refractivity contribution in [2.45, 2.75) is 36.4 Å². The standard InChI is InChI=1S/C27H26F4N2O5S/c1-37-25-14-19(28)6-7-23(25)22-8-9-32-15-24(22)33(16-20-5-3-4-10-38-20)26(34)17-11-18(27(29,30)31)13-21(12-17)39(2,35)36/h6-9,11-15,20H,3-5,10,16H2,1-2H3/t20-/m0/s1. The van der Waals surface area contributed by atoms with Gasteiger partial charge in [-0.05, 0) is 55.7 Å². The number of hydrogen-bond acceptors (Lipinski definition) is 6. The highest BCUT2D eigenvalue weighted by Crippen LogP contribution is 2.38. The normalized spacial score (nSPS) is 16.1. The number of sulfone groups is 1. The van der Waals surface area contributed by atoms with Crippen molar-refractivity contribution in [3.63, 3.8) is 0 Å². The second kappa shape index (κ2) is 11.3. The molecule has 0 aliphatic carbocycles. The van der Waals surface area contributed by atoms with E-state index in [0.29, 0.717) is 36.3 Å². The number of amides is 1. The smallest absolute Gasteiger partial charge is 0.416 e. The Balaban J connectivity index is 1.89. The van der Waals surface area contributed by atoms with Gasteiger partial charge in [-0.3, -0.25) is 9.78 Å². The molecule has 0 bridgehead atoms. The number of rotatable bonds is 7. The van der Waals surface area contributed by atoms with Gasteiger partial charge in [0.25, 0.3) is 5.91 Å². The lowest BCUT2D eigenvalue weighted by Crippen LogP contribution is -2.40. The number of aromatic nitrogens is 1. The van der Waals surface area contributed by atoms with Crippen LogP contribution in [0.15, 0.2) is 59.8 Å². The number of benzene rings is 2. The SMILES string of the molecule is COc1cc(F)ccc1-c1ccncc1N(C[C@@H]1CCCCO1)C(=O)c1cc(C(F)(F)F)cc(S(C)(=O)=O)c1. The summed E-state index contributed by atoms with van der Waals surface area (Å²) >= 11 is 0. The van der Waals surface area contributed by atoms with Crippen LogP contribution in [0.4, 0.5) is 23.2 Å². The average molecular weight is 567 g/mol. The van der Waals surface area contributed by atoms with E-state index in [1.54, 1.807) is 6.07 Å². The Kier molecular flexibility index (Phi) is 8.26. The fraction of sp³-hybridized carbons (Fsp3) is 0.333. The second-order valence-corrected chi connectivity index (χ2v) is 11.2. The number of ether oxygens (including phenoxy) is 2. The molecule has 2 aromatic carbocycles. The molecular weight excluding hydrogens is 540 g/mol. The van der Waals surface area contributed by atoms with Crippen LogP contribution in [0, 0.1) is 5.82 Å². The molecule has 39 heavy (non-hydrogen) atoms. The first-order valence-corrected chi connectivity index (χ1v) is 13.9. The minimum Gasteiger partial charge on any atom is -0.496 e. The Hall–Kier alpha value is -3.51. The maximum absolute atomic E-state index is 14.0. The summed E-state index contributed by atoms with van der Waals surface area (Å²) in [6.07, 6.45) is 0.540. The first-order chi connectivity index (χ1) is 18.4. The van der Waals surface area contributed by atoms with Crippen LogP contribution >= 0.6 is 0 Å². The largest absolute Gasteiger partial charge is 0.496 e. The van der Waals surface area contributed by atoms with Crippen LogP contribution in [-0.4, -0.2) is 51.9 Å². The molecule has 1 aromatic heterocycles. The minimum absolute atomic E-state index is 0.0362. The molecule has 7 nitrogen and oxygen atoms in total. The summed E-state index contributed by atoms with van der Waals surface area (Å²) in [6.45, 7) is 0.422. The molecule has 0 N–H and O–H groups in total. The van der Waals surface area contributed by atoms with Gasteiger partial charge in [0.2, 0.25) is 0 Å². The van der Waals surface area contributed by atoms with Gasteiger partial charge in [-0.25, -0.2) is 12.8 Å². The Labute approximate surface area is 223 Å². The number of hydrogen-bond donors (Lipinski definition) is 0. The monoisotopic (exact) mass is 566 g/mol. The molecule has 3 aromatic rings. The topological polar surface area (TPSA) is 85.8 Å². The lowest BCUT2D eigenvalue weighted by Gasteiger charge is -2.31. The zero-order chi connectivity index (χ0) is 28.4. The Bertz CT molecular complexity index is 1470. The molecule has 1 saturated heterocycles. The van der Waals surface area contributed by atoms with Crippen molar-refractivity contribution in [2.75, 3.05) is 31.4 Å². The van der Waals surface area contributed by atoms with Gasteiger partial charge in [0.05, 0.1) is 42.1 Å².